The van der Waals surface area contributed by atoms with Gasteiger partial charge in [0.15, 0.2) is 5.84 Å². The number of guanidine groups is 1. The summed E-state index contributed by atoms with van der Waals surface area (Å²) in [5.74, 6) is 1.15. The normalized spacial score (nSPS) is 19.0. The molecule has 1 unspecified atom stereocenters. The van der Waals surface area contributed by atoms with Crippen molar-refractivity contribution in [1.29, 1.82) is 5.41 Å². The summed E-state index contributed by atoms with van der Waals surface area (Å²) in [7, 11) is 0. The van der Waals surface area contributed by atoms with Crippen LogP contribution in [0.1, 0.15) is 46.6 Å². The number of piperazine rings is 1. The smallest absolute Gasteiger partial charge is 0.228 e. The van der Waals surface area contributed by atoms with Crippen molar-refractivity contribution in [3.63, 3.8) is 0 Å². The molecule has 1 saturated heterocycles. The number of amidine groups is 1. The zero-order valence-corrected chi connectivity index (χ0v) is 21.5. The lowest BCUT2D eigenvalue weighted by Gasteiger charge is -2.36. The second-order valence-electron chi connectivity index (χ2n) is 9.56. The first-order valence-corrected chi connectivity index (χ1v) is 12.2. The van der Waals surface area contributed by atoms with Crippen molar-refractivity contribution in [3.8, 4) is 0 Å². The zero-order chi connectivity index (χ0) is 24.9. The molecule has 1 fully saturated rings. The number of halogens is 1. The van der Waals surface area contributed by atoms with Crippen LogP contribution in [-0.4, -0.2) is 71.0 Å². The first-order chi connectivity index (χ1) is 16.1. The predicted molar refractivity (Wildman–Crippen MR) is 140 cm³/mol. The minimum Gasteiger partial charge on any atom is -0.387 e. The van der Waals surface area contributed by atoms with E-state index < -0.39 is 0 Å². The molecule has 9 heteroatoms. The van der Waals surface area contributed by atoms with E-state index in [1.807, 2.05) is 35.4 Å². The summed E-state index contributed by atoms with van der Waals surface area (Å²) >= 11 is 6.04. The molecule has 2 aliphatic rings. The third-order valence-corrected chi connectivity index (χ3v) is 6.32. The van der Waals surface area contributed by atoms with Crippen LogP contribution in [0.15, 0.2) is 46.1 Å². The van der Waals surface area contributed by atoms with Crippen molar-refractivity contribution >= 4 is 35.0 Å². The fourth-order valence-corrected chi connectivity index (χ4v) is 3.97. The third-order valence-electron chi connectivity index (χ3n) is 6.07. The molecule has 2 heterocycles. The average molecular weight is 486 g/mol. The molecule has 1 atom stereocenters. The first kappa shape index (κ1) is 25.7. The van der Waals surface area contributed by atoms with Crippen LogP contribution in [0, 0.1) is 5.41 Å². The van der Waals surface area contributed by atoms with Crippen LogP contribution in [0.2, 0.25) is 5.02 Å². The standard InChI is InChI=1S/C25H36ClN7O/c1-6-17(2)28-16-21-22(27)23(31-25(4,5)15-19-7-9-20(26)10-8-19)30-24(29-21)33-13-11-32(12-14-33)18(3)34/h7-10,16-17,27-28H,6,11-15H2,1-5H3,(H,29,30,31)/b21-16+,27-22?. The van der Waals surface area contributed by atoms with Gasteiger partial charge in [0.2, 0.25) is 11.9 Å². The molecular formula is C25H36ClN7O. The fraction of sp³-hybridized carbons (Fsp3) is 0.520. The van der Waals surface area contributed by atoms with Gasteiger partial charge in [0.1, 0.15) is 11.4 Å². The molecule has 1 aromatic rings. The number of rotatable bonds is 6. The molecule has 8 nitrogen and oxygen atoms in total. The van der Waals surface area contributed by atoms with E-state index in [1.54, 1.807) is 6.92 Å². The number of nitrogens with one attached hydrogen (secondary N) is 3. The van der Waals surface area contributed by atoms with E-state index in [9.17, 15) is 4.79 Å². The lowest BCUT2D eigenvalue weighted by molar-refractivity contribution is -0.130. The van der Waals surface area contributed by atoms with Crippen LogP contribution in [0.4, 0.5) is 0 Å². The lowest BCUT2D eigenvalue weighted by atomic mass is 9.94. The van der Waals surface area contributed by atoms with Gasteiger partial charge >= 0.3 is 0 Å². The monoisotopic (exact) mass is 485 g/mol. The lowest BCUT2D eigenvalue weighted by Crippen LogP contribution is -2.53. The molecular weight excluding hydrogens is 450 g/mol. The Morgan fingerprint density at radius 3 is 2.44 bits per heavy atom. The maximum atomic E-state index is 11.7. The van der Waals surface area contributed by atoms with E-state index in [0.717, 1.165) is 18.4 Å². The van der Waals surface area contributed by atoms with Gasteiger partial charge in [0.05, 0.1) is 0 Å². The molecule has 1 aromatic carbocycles. The minimum absolute atomic E-state index is 0.0835. The highest BCUT2D eigenvalue weighted by Gasteiger charge is 2.29. The molecule has 3 N–H and O–H groups in total. The van der Waals surface area contributed by atoms with E-state index in [2.05, 4.69) is 43.2 Å². The summed E-state index contributed by atoms with van der Waals surface area (Å²) < 4.78 is 0. The Bertz CT molecular complexity index is 989. The largest absolute Gasteiger partial charge is 0.387 e. The van der Waals surface area contributed by atoms with Crippen molar-refractivity contribution in [2.24, 2.45) is 9.98 Å². The molecule has 3 rings (SSSR count). The van der Waals surface area contributed by atoms with Crippen LogP contribution in [0.5, 0.6) is 0 Å². The predicted octanol–water partition coefficient (Wildman–Crippen LogP) is 3.43. The number of hydrogen-bond acceptors (Lipinski definition) is 7. The van der Waals surface area contributed by atoms with E-state index in [1.165, 1.54) is 0 Å². The number of aliphatic imine (C=N–C) groups is 2. The van der Waals surface area contributed by atoms with Gasteiger partial charge in [-0.2, -0.15) is 4.99 Å². The van der Waals surface area contributed by atoms with E-state index in [4.69, 9.17) is 27.0 Å². The second-order valence-corrected chi connectivity index (χ2v) is 9.99. The molecule has 0 aromatic heterocycles. The van der Waals surface area contributed by atoms with Crippen LogP contribution >= 0.6 is 11.6 Å². The number of hydrogen-bond donors (Lipinski definition) is 3. The summed E-state index contributed by atoms with van der Waals surface area (Å²) in [6.07, 6.45) is 3.52. The van der Waals surface area contributed by atoms with Gasteiger partial charge in [-0.15, -0.1) is 0 Å². The molecule has 0 aliphatic carbocycles. The van der Waals surface area contributed by atoms with Gasteiger partial charge in [-0.1, -0.05) is 30.7 Å². The number of nitrogens with zero attached hydrogens (tertiary/aromatic N) is 4. The molecule has 0 saturated carbocycles. The summed E-state index contributed by atoms with van der Waals surface area (Å²) in [6.45, 7) is 12.6. The van der Waals surface area contributed by atoms with Crippen LogP contribution in [0.25, 0.3) is 0 Å². The van der Waals surface area contributed by atoms with Gasteiger partial charge in [-0.05, 0) is 51.3 Å². The first-order valence-electron chi connectivity index (χ1n) is 11.8. The summed E-state index contributed by atoms with van der Waals surface area (Å²) in [5.41, 5.74) is 1.59. The van der Waals surface area contributed by atoms with Gasteiger partial charge in [-0.25, -0.2) is 4.99 Å². The maximum absolute atomic E-state index is 11.7. The Morgan fingerprint density at radius 2 is 1.85 bits per heavy atom. The van der Waals surface area contributed by atoms with Crippen molar-refractivity contribution in [1.82, 2.24) is 20.4 Å². The Kier molecular flexibility index (Phi) is 8.36. The number of carbonyl (C=O) groups excluding carboxylic acids is 1. The Balaban J connectivity index is 1.83. The van der Waals surface area contributed by atoms with E-state index in [0.29, 0.717) is 48.7 Å². The molecule has 184 valence electrons. The van der Waals surface area contributed by atoms with Crippen LogP contribution in [0.3, 0.4) is 0 Å². The van der Waals surface area contributed by atoms with Gasteiger partial charge < -0.3 is 20.4 Å². The zero-order valence-electron chi connectivity index (χ0n) is 20.8. The highest BCUT2D eigenvalue weighted by atomic mass is 35.5. The van der Waals surface area contributed by atoms with Crippen molar-refractivity contribution in [2.75, 3.05) is 26.2 Å². The van der Waals surface area contributed by atoms with Gasteiger partial charge in [0, 0.05) is 55.9 Å². The minimum atomic E-state index is -0.357. The highest BCUT2D eigenvalue weighted by molar-refractivity contribution is 6.48. The fourth-order valence-electron chi connectivity index (χ4n) is 3.84. The Morgan fingerprint density at radius 1 is 1.21 bits per heavy atom. The maximum Gasteiger partial charge on any atom is 0.228 e. The Labute approximate surface area is 207 Å². The van der Waals surface area contributed by atoms with E-state index in [-0.39, 0.29) is 23.2 Å². The quantitative estimate of drug-likeness (QED) is 0.575. The number of amides is 1. The molecule has 0 radical (unpaired) electrons. The van der Waals surface area contributed by atoms with Gasteiger partial charge in [-0.3, -0.25) is 10.2 Å². The second kappa shape index (κ2) is 11.0. The van der Waals surface area contributed by atoms with Crippen LogP contribution in [-0.2, 0) is 11.2 Å². The SMILES string of the molecule is CCC(C)N/C=C1/N=C(N2CCN(C(C)=O)CC2)N=C(NC(C)(C)Cc2ccc(Cl)cc2)C1=N. The van der Waals surface area contributed by atoms with Gasteiger partial charge in [0.25, 0.3) is 0 Å². The number of benzene rings is 1. The molecule has 1 amide bonds. The third kappa shape index (κ3) is 6.82. The summed E-state index contributed by atoms with van der Waals surface area (Å²) in [4.78, 5) is 25.1. The molecule has 2 aliphatic heterocycles. The topological polar surface area (TPSA) is 96.2 Å². The van der Waals surface area contributed by atoms with Crippen molar-refractivity contribution in [3.05, 3.63) is 46.7 Å². The Hall–Kier alpha value is -2.87. The molecule has 34 heavy (non-hydrogen) atoms. The van der Waals surface area contributed by atoms with E-state index >= 15 is 0 Å². The van der Waals surface area contributed by atoms with Crippen molar-refractivity contribution < 1.29 is 4.79 Å². The summed E-state index contributed by atoms with van der Waals surface area (Å²) in [6, 6.07) is 8.08. The van der Waals surface area contributed by atoms with Crippen molar-refractivity contribution in [2.45, 2.75) is 59.0 Å². The molecule has 0 spiro atoms. The highest BCUT2D eigenvalue weighted by Crippen LogP contribution is 2.18. The average Bonchev–Trinajstić information content (AvgIpc) is 2.80. The van der Waals surface area contributed by atoms with Crippen LogP contribution < -0.4 is 10.6 Å². The summed E-state index contributed by atoms with van der Waals surface area (Å²) in [5, 5.41) is 16.3. The molecule has 0 bridgehead atoms. The number of carbonyl (C=O) groups is 1.